The standard InChI is InChI=1S/C11H13NO.C2H6/c1-4-9-5-6-10(12-3)7-11(9)8(2)13;1-2/h5-7H,3-4H2,1-2H3;1-2H3. The number of nitrogens with zero attached hydrogens (tertiary/aromatic N) is 1. The third-order valence-electron chi connectivity index (χ3n) is 2.04. The number of ketones is 1. The van der Waals surface area contributed by atoms with E-state index < -0.39 is 0 Å². The monoisotopic (exact) mass is 205 g/mol. The van der Waals surface area contributed by atoms with Gasteiger partial charge >= 0.3 is 0 Å². The first kappa shape index (κ1) is 13.6. The molecule has 0 radical (unpaired) electrons. The van der Waals surface area contributed by atoms with Gasteiger partial charge in [0.05, 0.1) is 5.69 Å². The van der Waals surface area contributed by atoms with Crippen molar-refractivity contribution in [3.8, 4) is 0 Å². The van der Waals surface area contributed by atoms with Gasteiger partial charge in [0.1, 0.15) is 0 Å². The van der Waals surface area contributed by atoms with E-state index in [1.807, 2.05) is 32.9 Å². The fourth-order valence-electron chi connectivity index (χ4n) is 1.30. The summed E-state index contributed by atoms with van der Waals surface area (Å²) in [5.74, 6) is 0.0855. The lowest BCUT2D eigenvalue weighted by atomic mass is 10.0. The molecular formula is C13H19NO. The van der Waals surface area contributed by atoms with Crippen molar-refractivity contribution in [3.63, 3.8) is 0 Å². The third kappa shape index (κ3) is 3.66. The Labute approximate surface area is 92.0 Å². The second kappa shape index (κ2) is 6.93. The van der Waals surface area contributed by atoms with Gasteiger partial charge in [-0.05, 0) is 37.8 Å². The summed E-state index contributed by atoms with van der Waals surface area (Å²) >= 11 is 0. The Morgan fingerprint density at radius 2 is 2.00 bits per heavy atom. The van der Waals surface area contributed by atoms with Crippen molar-refractivity contribution in [1.29, 1.82) is 0 Å². The zero-order valence-electron chi connectivity index (χ0n) is 10.0. The number of benzene rings is 1. The second-order valence-corrected chi connectivity index (χ2v) is 2.91. The molecule has 2 nitrogen and oxygen atoms in total. The molecule has 0 fully saturated rings. The summed E-state index contributed by atoms with van der Waals surface area (Å²) in [6.07, 6.45) is 0.867. The highest BCUT2D eigenvalue weighted by Gasteiger charge is 2.05. The minimum Gasteiger partial charge on any atom is -0.294 e. The van der Waals surface area contributed by atoms with Crippen molar-refractivity contribution in [2.45, 2.75) is 34.1 Å². The van der Waals surface area contributed by atoms with E-state index in [0.29, 0.717) is 0 Å². The van der Waals surface area contributed by atoms with Crippen LogP contribution >= 0.6 is 0 Å². The molecule has 1 aromatic rings. The highest BCUT2D eigenvalue weighted by Crippen LogP contribution is 2.18. The van der Waals surface area contributed by atoms with Gasteiger partial charge in [0.25, 0.3) is 0 Å². The lowest BCUT2D eigenvalue weighted by Gasteiger charge is -2.04. The fraction of sp³-hybridized carbons (Fsp3) is 0.385. The third-order valence-corrected chi connectivity index (χ3v) is 2.04. The van der Waals surface area contributed by atoms with Crippen LogP contribution in [0.25, 0.3) is 0 Å². The molecule has 0 saturated carbocycles. The van der Waals surface area contributed by atoms with Crippen LogP contribution in [0.5, 0.6) is 0 Å². The van der Waals surface area contributed by atoms with E-state index in [-0.39, 0.29) is 5.78 Å². The van der Waals surface area contributed by atoms with Gasteiger partial charge < -0.3 is 0 Å². The second-order valence-electron chi connectivity index (χ2n) is 2.91. The molecule has 0 amide bonds. The molecule has 0 aliphatic rings. The topological polar surface area (TPSA) is 29.4 Å². The molecule has 0 atom stereocenters. The fourth-order valence-corrected chi connectivity index (χ4v) is 1.30. The number of carbonyl (C=O) groups is 1. The van der Waals surface area contributed by atoms with E-state index in [2.05, 4.69) is 11.7 Å². The SMILES string of the molecule is C=Nc1ccc(CC)c(C(C)=O)c1.CC. The molecule has 0 saturated heterocycles. The van der Waals surface area contributed by atoms with E-state index in [4.69, 9.17) is 0 Å². The first-order valence-electron chi connectivity index (χ1n) is 5.29. The molecule has 0 aliphatic heterocycles. The Balaban J connectivity index is 0.000000921. The Hall–Kier alpha value is -1.44. The Morgan fingerprint density at radius 3 is 2.40 bits per heavy atom. The number of hydrogen-bond acceptors (Lipinski definition) is 2. The number of hydrogen-bond donors (Lipinski definition) is 0. The van der Waals surface area contributed by atoms with E-state index in [0.717, 1.165) is 23.2 Å². The summed E-state index contributed by atoms with van der Waals surface area (Å²) in [5, 5.41) is 0. The lowest BCUT2D eigenvalue weighted by molar-refractivity contribution is 0.101. The molecule has 1 rings (SSSR count). The van der Waals surface area contributed by atoms with Crippen LogP contribution in [0, 0.1) is 0 Å². The molecule has 1 aromatic carbocycles. The van der Waals surface area contributed by atoms with E-state index in [1.54, 1.807) is 13.0 Å². The molecule has 0 spiro atoms. The first-order valence-corrected chi connectivity index (χ1v) is 5.29. The van der Waals surface area contributed by atoms with Crippen molar-refractivity contribution >= 4 is 18.2 Å². The Kier molecular flexibility index (Phi) is 6.27. The predicted molar refractivity (Wildman–Crippen MR) is 66.4 cm³/mol. The summed E-state index contributed by atoms with van der Waals surface area (Å²) in [7, 11) is 0. The van der Waals surface area contributed by atoms with Crippen LogP contribution in [0.2, 0.25) is 0 Å². The molecule has 0 bridgehead atoms. The maximum absolute atomic E-state index is 11.2. The number of Topliss-reactive ketones (excluding diaryl/α,β-unsaturated/α-hetero) is 1. The summed E-state index contributed by atoms with van der Waals surface area (Å²) in [5.41, 5.74) is 2.58. The summed E-state index contributed by atoms with van der Waals surface area (Å²) in [6.45, 7) is 11.0. The van der Waals surface area contributed by atoms with E-state index >= 15 is 0 Å². The van der Waals surface area contributed by atoms with Crippen molar-refractivity contribution in [2.24, 2.45) is 4.99 Å². The quantitative estimate of drug-likeness (QED) is 0.545. The van der Waals surface area contributed by atoms with Crippen LogP contribution in [0.4, 0.5) is 5.69 Å². The number of aliphatic imine (C=N–C) groups is 1. The van der Waals surface area contributed by atoms with Crippen molar-refractivity contribution in [2.75, 3.05) is 0 Å². The van der Waals surface area contributed by atoms with Crippen LogP contribution in [0.15, 0.2) is 23.2 Å². The Morgan fingerprint density at radius 1 is 1.40 bits per heavy atom. The van der Waals surface area contributed by atoms with Crippen molar-refractivity contribution in [1.82, 2.24) is 0 Å². The van der Waals surface area contributed by atoms with Crippen LogP contribution in [-0.2, 0) is 6.42 Å². The first-order chi connectivity index (χ1) is 7.19. The van der Waals surface area contributed by atoms with Gasteiger partial charge in [0, 0.05) is 5.56 Å². The number of rotatable bonds is 3. The van der Waals surface area contributed by atoms with Crippen molar-refractivity contribution in [3.05, 3.63) is 29.3 Å². The largest absolute Gasteiger partial charge is 0.294 e. The minimum atomic E-state index is 0.0855. The van der Waals surface area contributed by atoms with Gasteiger partial charge in [0.2, 0.25) is 0 Å². The van der Waals surface area contributed by atoms with E-state index in [1.165, 1.54) is 0 Å². The van der Waals surface area contributed by atoms with Gasteiger partial charge in [-0.2, -0.15) is 0 Å². The van der Waals surface area contributed by atoms with E-state index in [9.17, 15) is 4.79 Å². The molecule has 0 aliphatic carbocycles. The number of carbonyl (C=O) groups excluding carboxylic acids is 1. The summed E-state index contributed by atoms with van der Waals surface area (Å²) < 4.78 is 0. The smallest absolute Gasteiger partial charge is 0.160 e. The van der Waals surface area contributed by atoms with Crippen LogP contribution in [0.3, 0.4) is 0 Å². The van der Waals surface area contributed by atoms with Gasteiger partial charge in [-0.15, -0.1) is 0 Å². The van der Waals surface area contributed by atoms with Crippen LogP contribution < -0.4 is 0 Å². The molecule has 0 heterocycles. The molecule has 0 N–H and O–H groups in total. The maximum Gasteiger partial charge on any atom is 0.160 e. The predicted octanol–water partition coefficient (Wildman–Crippen LogP) is 3.81. The normalized spacial score (nSPS) is 8.80. The summed E-state index contributed by atoms with van der Waals surface area (Å²) in [6, 6.07) is 5.59. The molecule has 2 heteroatoms. The molecule has 0 unspecified atom stereocenters. The van der Waals surface area contributed by atoms with Gasteiger partial charge in [-0.25, -0.2) is 0 Å². The lowest BCUT2D eigenvalue weighted by Crippen LogP contribution is -1.97. The molecule has 82 valence electrons. The maximum atomic E-state index is 11.2. The molecule has 0 aromatic heterocycles. The van der Waals surface area contributed by atoms with Gasteiger partial charge in [-0.3, -0.25) is 9.79 Å². The van der Waals surface area contributed by atoms with Gasteiger partial charge in [0.15, 0.2) is 5.78 Å². The van der Waals surface area contributed by atoms with Crippen LogP contribution in [-0.4, -0.2) is 12.5 Å². The number of aryl methyl sites for hydroxylation is 1. The van der Waals surface area contributed by atoms with Gasteiger partial charge in [-0.1, -0.05) is 26.8 Å². The Bertz CT molecular complexity index is 342. The van der Waals surface area contributed by atoms with Crippen molar-refractivity contribution < 1.29 is 4.79 Å². The molecular weight excluding hydrogens is 186 g/mol. The zero-order chi connectivity index (χ0) is 11.8. The van der Waals surface area contributed by atoms with Crippen LogP contribution in [0.1, 0.15) is 43.6 Å². The average Bonchev–Trinajstić information content (AvgIpc) is 2.30. The zero-order valence-corrected chi connectivity index (χ0v) is 10.0. The minimum absolute atomic E-state index is 0.0855. The highest BCUT2D eigenvalue weighted by atomic mass is 16.1. The molecule has 15 heavy (non-hydrogen) atoms. The highest BCUT2D eigenvalue weighted by molar-refractivity contribution is 5.96. The average molecular weight is 205 g/mol. The summed E-state index contributed by atoms with van der Waals surface area (Å²) in [4.78, 5) is 15.0.